The normalized spacial score (nSPS) is 21.6. The standard InChI is InChI=1S/C21H25N3O3S/c25-20(17-1-2-18(22-15-17)23-9-12-26-13-10-23)24-7-5-21(6-8-24)19-16(3-11-27-21)4-14-28-19/h1-2,4,14-15H,3,5-13H2. The lowest BCUT2D eigenvalue weighted by Crippen LogP contribution is -2.47. The van der Waals surface area contributed by atoms with E-state index in [4.69, 9.17) is 9.47 Å². The average Bonchev–Trinajstić information content (AvgIpc) is 3.25. The number of hydrogen-bond donors (Lipinski definition) is 0. The highest BCUT2D eigenvalue weighted by atomic mass is 32.1. The predicted octanol–water partition coefficient (Wildman–Crippen LogP) is 2.68. The number of ether oxygens (including phenoxy) is 2. The van der Waals surface area contributed by atoms with Crippen LogP contribution in [0.15, 0.2) is 29.8 Å². The van der Waals surface area contributed by atoms with Crippen molar-refractivity contribution in [2.45, 2.75) is 24.9 Å². The van der Waals surface area contributed by atoms with Crippen molar-refractivity contribution in [3.8, 4) is 0 Å². The minimum atomic E-state index is -0.184. The summed E-state index contributed by atoms with van der Waals surface area (Å²) in [6.07, 6.45) is 4.45. The molecule has 28 heavy (non-hydrogen) atoms. The van der Waals surface area contributed by atoms with Crippen LogP contribution in [0.3, 0.4) is 0 Å². The first-order chi connectivity index (χ1) is 13.8. The monoisotopic (exact) mass is 399 g/mol. The number of rotatable bonds is 2. The van der Waals surface area contributed by atoms with Gasteiger partial charge in [-0.2, -0.15) is 0 Å². The molecule has 2 aromatic rings. The number of likely N-dealkylation sites (tertiary alicyclic amines) is 1. The van der Waals surface area contributed by atoms with Crippen LogP contribution in [0, 0.1) is 0 Å². The summed E-state index contributed by atoms with van der Waals surface area (Å²) < 4.78 is 11.6. The number of nitrogens with zero attached hydrogens (tertiary/aromatic N) is 3. The Kier molecular flexibility index (Phi) is 4.82. The second-order valence-corrected chi connectivity index (χ2v) is 8.58. The molecule has 2 fully saturated rings. The predicted molar refractivity (Wildman–Crippen MR) is 108 cm³/mol. The second kappa shape index (κ2) is 7.46. The van der Waals surface area contributed by atoms with Gasteiger partial charge >= 0.3 is 0 Å². The summed E-state index contributed by atoms with van der Waals surface area (Å²) in [4.78, 5) is 23.0. The number of amides is 1. The number of anilines is 1. The van der Waals surface area contributed by atoms with Gasteiger partial charge in [0.25, 0.3) is 5.91 Å². The van der Waals surface area contributed by atoms with Gasteiger partial charge in [0.05, 0.1) is 25.4 Å². The quantitative estimate of drug-likeness (QED) is 0.777. The maximum Gasteiger partial charge on any atom is 0.255 e. The van der Waals surface area contributed by atoms with Crippen LogP contribution in [-0.2, 0) is 21.5 Å². The molecule has 1 amide bonds. The van der Waals surface area contributed by atoms with Crippen LogP contribution in [0.25, 0.3) is 0 Å². The van der Waals surface area contributed by atoms with E-state index in [1.54, 1.807) is 17.5 Å². The number of piperidine rings is 1. The van der Waals surface area contributed by atoms with Crippen molar-refractivity contribution in [2.24, 2.45) is 0 Å². The van der Waals surface area contributed by atoms with E-state index < -0.39 is 0 Å². The molecule has 0 atom stereocenters. The minimum Gasteiger partial charge on any atom is -0.378 e. The number of fused-ring (bicyclic) bond motifs is 2. The summed E-state index contributed by atoms with van der Waals surface area (Å²) in [5.74, 6) is 0.983. The zero-order valence-corrected chi connectivity index (χ0v) is 16.7. The summed E-state index contributed by atoms with van der Waals surface area (Å²) in [6.45, 7) is 5.38. The molecule has 5 heterocycles. The Morgan fingerprint density at radius 1 is 1.07 bits per heavy atom. The van der Waals surface area contributed by atoms with Crippen molar-refractivity contribution in [2.75, 3.05) is 50.9 Å². The second-order valence-electron chi connectivity index (χ2n) is 7.66. The number of hydrogen-bond acceptors (Lipinski definition) is 6. The van der Waals surface area contributed by atoms with E-state index in [9.17, 15) is 4.79 Å². The maximum atomic E-state index is 13.0. The van der Waals surface area contributed by atoms with E-state index in [0.717, 1.165) is 71.1 Å². The van der Waals surface area contributed by atoms with E-state index in [0.29, 0.717) is 5.56 Å². The third-order valence-corrected chi connectivity index (χ3v) is 7.24. The molecule has 0 aliphatic carbocycles. The number of thiophene rings is 1. The minimum absolute atomic E-state index is 0.0677. The Morgan fingerprint density at radius 3 is 2.64 bits per heavy atom. The zero-order chi connectivity index (χ0) is 19.0. The number of carbonyl (C=O) groups excluding carboxylic acids is 1. The fraction of sp³-hybridized carbons (Fsp3) is 0.524. The zero-order valence-electron chi connectivity index (χ0n) is 15.9. The molecular formula is C21H25N3O3S. The van der Waals surface area contributed by atoms with Crippen LogP contribution in [0.2, 0.25) is 0 Å². The van der Waals surface area contributed by atoms with Crippen molar-refractivity contribution in [1.29, 1.82) is 0 Å². The van der Waals surface area contributed by atoms with Gasteiger partial charge in [-0.15, -0.1) is 11.3 Å². The van der Waals surface area contributed by atoms with Gasteiger partial charge in [0.1, 0.15) is 11.4 Å². The molecule has 148 valence electrons. The van der Waals surface area contributed by atoms with Crippen LogP contribution in [-0.4, -0.2) is 61.8 Å². The van der Waals surface area contributed by atoms with Gasteiger partial charge in [0, 0.05) is 37.3 Å². The molecule has 3 aliphatic heterocycles. The molecule has 0 bridgehead atoms. The van der Waals surface area contributed by atoms with Crippen molar-refractivity contribution in [3.63, 3.8) is 0 Å². The summed E-state index contributed by atoms with van der Waals surface area (Å²) in [5, 5.41) is 2.17. The average molecular weight is 400 g/mol. The molecule has 3 aliphatic rings. The molecule has 1 spiro atoms. The van der Waals surface area contributed by atoms with Gasteiger partial charge in [-0.1, -0.05) is 0 Å². The van der Waals surface area contributed by atoms with Crippen LogP contribution < -0.4 is 4.90 Å². The summed E-state index contributed by atoms with van der Waals surface area (Å²) in [6, 6.07) is 6.08. The fourth-order valence-corrected chi connectivity index (χ4v) is 5.64. The first-order valence-electron chi connectivity index (χ1n) is 10.0. The summed E-state index contributed by atoms with van der Waals surface area (Å²) >= 11 is 1.80. The molecule has 0 radical (unpaired) electrons. The first kappa shape index (κ1) is 18.1. The molecule has 5 rings (SSSR count). The van der Waals surface area contributed by atoms with Crippen LogP contribution >= 0.6 is 11.3 Å². The van der Waals surface area contributed by atoms with Gasteiger partial charge in [-0.05, 0) is 48.4 Å². The third kappa shape index (κ3) is 3.21. The van der Waals surface area contributed by atoms with Gasteiger partial charge in [0.15, 0.2) is 0 Å². The van der Waals surface area contributed by atoms with Gasteiger partial charge in [-0.3, -0.25) is 4.79 Å². The first-order valence-corrected chi connectivity index (χ1v) is 10.9. The number of pyridine rings is 1. The Morgan fingerprint density at radius 2 is 1.89 bits per heavy atom. The molecule has 0 unspecified atom stereocenters. The van der Waals surface area contributed by atoms with Crippen molar-refractivity contribution >= 4 is 23.1 Å². The number of morpholine rings is 1. The molecule has 0 aromatic carbocycles. The van der Waals surface area contributed by atoms with E-state index in [-0.39, 0.29) is 11.5 Å². The Bertz CT molecular complexity index is 837. The van der Waals surface area contributed by atoms with Gasteiger partial charge < -0.3 is 19.3 Å². The van der Waals surface area contributed by atoms with Crippen molar-refractivity contribution < 1.29 is 14.3 Å². The highest BCUT2D eigenvalue weighted by Gasteiger charge is 2.42. The Balaban J connectivity index is 1.25. The van der Waals surface area contributed by atoms with Crippen LogP contribution in [0.1, 0.15) is 33.6 Å². The van der Waals surface area contributed by atoms with Crippen LogP contribution in [0.5, 0.6) is 0 Å². The largest absolute Gasteiger partial charge is 0.378 e. The molecule has 7 heteroatoms. The fourth-order valence-electron chi connectivity index (χ4n) is 4.47. The third-order valence-electron chi connectivity index (χ3n) is 6.10. The topological polar surface area (TPSA) is 54.9 Å². The maximum absolute atomic E-state index is 13.0. The molecule has 0 saturated carbocycles. The summed E-state index contributed by atoms with van der Waals surface area (Å²) in [5.41, 5.74) is 1.91. The van der Waals surface area contributed by atoms with Crippen molar-refractivity contribution in [3.05, 3.63) is 45.8 Å². The van der Waals surface area contributed by atoms with E-state index >= 15 is 0 Å². The lowest BCUT2D eigenvalue weighted by Gasteiger charge is -2.43. The van der Waals surface area contributed by atoms with E-state index in [1.807, 2.05) is 17.0 Å². The molecular weight excluding hydrogens is 374 g/mol. The Labute approximate surface area is 169 Å². The molecule has 2 aromatic heterocycles. The van der Waals surface area contributed by atoms with E-state index in [2.05, 4.69) is 21.3 Å². The Hall–Kier alpha value is -1.96. The van der Waals surface area contributed by atoms with Gasteiger partial charge in [-0.25, -0.2) is 4.98 Å². The molecule has 0 N–H and O–H groups in total. The van der Waals surface area contributed by atoms with Crippen LogP contribution in [0.4, 0.5) is 5.82 Å². The highest BCUT2D eigenvalue weighted by molar-refractivity contribution is 7.10. The summed E-state index contributed by atoms with van der Waals surface area (Å²) in [7, 11) is 0. The van der Waals surface area contributed by atoms with Crippen molar-refractivity contribution in [1.82, 2.24) is 9.88 Å². The lowest BCUT2D eigenvalue weighted by atomic mass is 9.85. The highest BCUT2D eigenvalue weighted by Crippen LogP contribution is 2.44. The number of carbonyl (C=O) groups is 1. The lowest BCUT2D eigenvalue weighted by molar-refractivity contribution is -0.0906. The van der Waals surface area contributed by atoms with Gasteiger partial charge in [0.2, 0.25) is 0 Å². The molecule has 2 saturated heterocycles. The number of aromatic nitrogens is 1. The smallest absolute Gasteiger partial charge is 0.255 e. The SMILES string of the molecule is O=C(c1ccc(N2CCOCC2)nc1)N1CCC2(CC1)OCCc1ccsc12. The molecule has 6 nitrogen and oxygen atoms in total. The van der Waals surface area contributed by atoms with E-state index in [1.165, 1.54) is 10.4 Å².